The van der Waals surface area contributed by atoms with Crippen molar-refractivity contribution in [3.05, 3.63) is 176 Å². The Morgan fingerprint density at radius 2 is 0.898 bits per heavy atom. The minimum atomic E-state index is 0.978. The highest BCUT2D eigenvalue weighted by atomic mass is 32.1. The van der Waals surface area contributed by atoms with Crippen molar-refractivity contribution in [2.75, 3.05) is 0 Å². The summed E-state index contributed by atoms with van der Waals surface area (Å²) in [6.07, 6.45) is 0. The van der Waals surface area contributed by atoms with Crippen LogP contribution in [0.15, 0.2) is 176 Å². The molecule has 2 heteroatoms. The Kier molecular flexibility index (Phi) is 6.43. The molecular weight excluding hydrogens is 611 g/mol. The van der Waals surface area contributed by atoms with Crippen LogP contribution in [0.2, 0.25) is 0 Å². The predicted octanol–water partition coefficient (Wildman–Crippen LogP) is 13.6. The number of aromatic nitrogens is 1. The average Bonchev–Trinajstić information content (AvgIpc) is 3.57. The van der Waals surface area contributed by atoms with Gasteiger partial charge in [-0.15, -0.1) is 11.3 Å². The van der Waals surface area contributed by atoms with Crippen LogP contribution < -0.4 is 0 Å². The molecule has 228 valence electrons. The molecule has 49 heavy (non-hydrogen) atoms. The van der Waals surface area contributed by atoms with Crippen LogP contribution >= 0.6 is 11.3 Å². The zero-order valence-corrected chi connectivity index (χ0v) is 27.4. The van der Waals surface area contributed by atoms with Crippen molar-refractivity contribution in [3.63, 3.8) is 0 Å². The van der Waals surface area contributed by atoms with E-state index in [1.807, 2.05) is 11.3 Å². The van der Waals surface area contributed by atoms with Crippen molar-refractivity contribution in [1.82, 2.24) is 4.98 Å². The highest BCUT2D eigenvalue weighted by Gasteiger charge is 2.15. The van der Waals surface area contributed by atoms with E-state index in [0.29, 0.717) is 0 Å². The highest BCUT2D eigenvalue weighted by Crippen LogP contribution is 2.42. The lowest BCUT2D eigenvalue weighted by molar-refractivity contribution is 1.41. The second-order valence-corrected chi connectivity index (χ2v) is 13.8. The van der Waals surface area contributed by atoms with Gasteiger partial charge in [-0.1, -0.05) is 140 Å². The molecule has 0 bridgehead atoms. The van der Waals surface area contributed by atoms with E-state index >= 15 is 0 Å². The number of fused-ring (bicyclic) bond motifs is 9. The topological polar surface area (TPSA) is 12.9 Å². The maximum absolute atomic E-state index is 5.44. The van der Waals surface area contributed by atoms with E-state index < -0.39 is 0 Å². The fraction of sp³-hybridized carbons (Fsp3) is 0. The van der Waals surface area contributed by atoms with Gasteiger partial charge in [0.2, 0.25) is 0 Å². The molecular formula is C47H29NS. The zero-order valence-electron chi connectivity index (χ0n) is 26.6. The molecule has 10 aromatic rings. The second-order valence-electron chi connectivity index (χ2n) is 12.7. The maximum atomic E-state index is 5.44. The molecule has 0 unspecified atom stereocenters. The summed E-state index contributed by atoms with van der Waals surface area (Å²) in [5, 5.41) is 8.66. The Balaban J connectivity index is 1.18. The number of benzene rings is 8. The van der Waals surface area contributed by atoms with E-state index in [-0.39, 0.29) is 0 Å². The first-order chi connectivity index (χ1) is 24.3. The summed E-state index contributed by atoms with van der Waals surface area (Å²) in [6, 6.07) is 63.8. The number of hydrogen-bond donors (Lipinski definition) is 0. The number of nitrogens with zero attached hydrogens (tertiary/aromatic N) is 1. The largest absolute Gasteiger partial charge is 0.247 e. The van der Waals surface area contributed by atoms with Gasteiger partial charge in [-0.25, -0.2) is 4.98 Å². The first kappa shape index (κ1) is 28.0. The Hall–Kier alpha value is -6.09. The quantitative estimate of drug-likeness (QED) is 0.175. The summed E-state index contributed by atoms with van der Waals surface area (Å²) in [5.74, 6) is 0. The van der Waals surface area contributed by atoms with Gasteiger partial charge in [0.05, 0.1) is 11.2 Å². The fourth-order valence-corrected chi connectivity index (χ4v) is 8.70. The summed E-state index contributed by atoms with van der Waals surface area (Å²) in [5.41, 5.74) is 10.5. The monoisotopic (exact) mass is 639 g/mol. The minimum absolute atomic E-state index is 0.978. The number of rotatable bonds is 4. The van der Waals surface area contributed by atoms with Gasteiger partial charge in [0, 0.05) is 36.5 Å². The van der Waals surface area contributed by atoms with E-state index in [1.54, 1.807) is 0 Å². The van der Waals surface area contributed by atoms with Gasteiger partial charge in [-0.05, 0) is 85.9 Å². The molecule has 0 saturated heterocycles. The van der Waals surface area contributed by atoms with Crippen LogP contribution in [0.4, 0.5) is 0 Å². The first-order valence-corrected chi connectivity index (χ1v) is 17.5. The molecule has 10 rings (SSSR count). The van der Waals surface area contributed by atoms with E-state index in [1.165, 1.54) is 80.5 Å². The van der Waals surface area contributed by atoms with Crippen molar-refractivity contribution in [3.8, 4) is 44.6 Å². The second kappa shape index (κ2) is 11.3. The normalized spacial score (nSPS) is 11.7. The van der Waals surface area contributed by atoms with E-state index in [0.717, 1.165) is 16.8 Å². The van der Waals surface area contributed by atoms with Crippen molar-refractivity contribution in [2.24, 2.45) is 0 Å². The number of thiophene rings is 1. The molecule has 0 spiro atoms. The molecule has 0 amide bonds. The fourth-order valence-electron chi connectivity index (χ4n) is 7.46. The van der Waals surface area contributed by atoms with Crippen molar-refractivity contribution in [2.45, 2.75) is 0 Å². The molecule has 0 fully saturated rings. The van der Waals surface area contributed by atoms with Crippen LogP contribution in [-0.2, 0) is 0 Å². The molecule has 0 aliphatic rings. The van der Waals surface area contributed by atoms with E-state index in [9.17, 15) is 0 Å². The van der Waals surface area contributed by atoms with Crippen LogP contribution in [0.3, 0.4) is 0 Å². The average molecular weight is 640 g/mol. The van der Waals surface area contributed by atoms with Crippen LogP contribution in [0.5, 0.6) is 0 Å². The molecule has 0 radical (unpaired) electrons. The maximum Gasteiger partial charge on any atom is 0.0794 e. The van der Waals surface area contributed by atoms with Crippen molar-refractivity contribution in [1.29, 1.82) is 0 Å². The summed E-state index contributed by atoms with van der Waals surface area (Å²) in [4.78, 5) is 5.44. The summed E-state index contributed by atoms with van der Waals surface area (Å²) >= 11 is 1.87. The lowest BCUT2D eigenvalue weighted by atomic mass is 9.91. The standard InChI is InChI=1S/C47H29NS/c1-3-11-30(12-4-1)32-21-23-37-39-25-26-44(48-46(39)40-24-22-33(29-43(40)42(37)28-32)31-13-5-2-6-14-31)35-16-9-15-34(27-35)36-18-10-19-41-38-17-7-8-20-45(38)49-47(36)41/h1-29H. The predicted molar refractivity (Wildman–Crippen MR) is 211 cm³/mol. The minimum Gasteiger partial charge on any atom is -0.247 e. The van der Waals surface area contributed by atoms with Crippen LogP contribution in [0.1, 0.15) is 0 Å². The molecule has 0 aliphatic heterocycles. The van der Waals surface area contributed by atoms with Crippen molar-refractivity contribution >= 4 is 64.0 Å². The van der Waals surface area contributed by atoms with Gasteiger partial charge in [0.25, 0.3) is 0 Å². The summed E-state index contributed by atoms with van der Waals surface area (Å²) in [7, 11) is 0. The SMILES string of the molecule is c1ccc(-c2ccc3c(c2)c2cc(-c4ccccc4)ccc2c2nc(-c4cccc(-c5cccc6c5sc5ccccc56)c4)ccc32)cc1. The third-order valence-corrected chi connectivity index (χ3v) is 11.1. The summed E-state index contributed by atoms with van der Waals surface area (Å²) < 4.78 is 2.65. The van der Waals surface area contributed by atoms with Gasteiger partial charge in [-0.2, -0.15) is 0 Å². The van der Waals surface area contributed by atoms with E-state index in [2.05, 4.69) is 176 Å². The number of pyridine rings is 1. The Morgan fingerprint density at radius 1 is 0.327 bits per heavy atom. The molecule has 0 N–H and O–H groups in total. The molecule has 8 aromatic carbocycles. The molecule has 0 atom stereocenters. The van der Waals surface area contributed by atoms with Gasteiger partial charge in [0.1, 0.15) is 0 Å². The Bertz CT molecular complexity index is 2870. The smallest absolute Gasteiger partial charge is 0.0794 e. The Labute approximate surface area is 288 Å². The van der Waals surface area contributed by atoms with Gasteiger partial charge in [0.15, 0.2) is 0 Å². The highest BCUT2D eigenvalue weighted by molar-refractivity contribution is 7.26. The lowest BCUT2D eigenvalue weighted by Gasteiger charge is -2.14. The molecule has 0 saturated carbocycles. The van der Waals surface area contributed by atoms with Crippen LogP contribution in [-0.4, -0.2) is 4.98 Å². The van der Waals surface area contributed by atoms with Gasteiger partial charge in [-0.3, -0.25) is 0 Å². The van der Waals surface area contributed by atoms with Gasteiger partial charge >= 0.3 is 0 Å². The third-order valence-electron chi connectivity index (χ3n) is 9.86. The lowest BCUT2D eigenvalue weighted by Crippen LogP contribution is -1.91. The Morgan fingerprint density at radius 3 is 1.67 bits per heavy atom. The zero-order chi connectivity index (χ0) is 32.3. The molecule has 2 aromatic heterocycles. The van der Waals surface area contributed by atoms with Crippen LogP contribution in [0, 0.1) is 0 Å². The molecule has 0 aliphatic carbocycles. The van der Waals surface area contributed by atoms with Crippen LogP contribution in [0.25, 0.3) is 97.3 Å². The van der Waals surface area contributed by atoms with Gasteiger partial charge < -0.3 is 0 Å². The first-order valence-electron chi connectivity index (χ1n) is 16.7. The van der Waals surface area contributed by atoms with Crippen molar-refractivity contribution < 1.29 is 0 Å². The molecule has 1 nitrogen and oxygen atoms in total. The van der Waals surface area contributed by atoms with E-state index in [4.69, 9.17) is 4.98 Å². The third kappa shape index (κ3) is 4.64. The molecule has 2 heterocycles. The number of hydrogen-bond acceptors (Lipinski definition) is 2. The summed E-state index contributed by atoms with van der Waals surface area (Å²) in [6.45, 7) is 0.